The van der Waals surface area contributed by atoms with Crippen molar-refractivity contribution in [2.75, 3.05) is 0 Å². The minimum atomic E-state index is -0.999. The highest BCUT2D eigenvalue weighted by Gasteiger charge is 2.31. The Morgan fingerprint density at radius 2 is 1.87 bits per heavy atom. The van der Waals surface area contributed by atoms with Crippen molar-refractivity contribution in [1.29, 1.82) is 0 Å². The lowest BCUT2D eigenvalue weighted by molar-refractivity contribution is -0.109. The summed E-state index contributed by atoms with van der Waals surface area (Å²) in [5.74, 6) is -0.638. The van der Waals surface area contributed by atoms with E-state index in [1.54, 1.807) is 12.1 Å². The van der Waals surface area contributed by atoms with Crippen LogP contribution in [0.1, 0.15) is 18.4 Å². The van der Waals surface area contributed by atoms with E-state index in [1.165, 1.54) is 0 Å². The van der Waals surface area contributed by atoms with Crippen LogP contribution in [0, 0.1) is 5.92 Å². The van der Waals surface area contributed by atoms with Gasteiger partial charge in [-0.25, -0.2) is 4.39 Å². The van der Waals surface area contributed by atoms with Gasteiger partial charge in [0.1, 0.15) is 0 Å². The van der Waals surface area contributed by atoms with E-state index in [2.05, 4.69) is 0 Å². The molecule has 0 aliphatic heterocycles. The van der Waals surface area contributed by atoms with E-state index in [9.17, 15) is 9.18 Å². The van der Waals surface area contributed by atoms with Gasteiger partial charge in [-0.3, -0.25) is 4.79 Å². The van der Waals surface area contributed by atoms with Gasteiger partial charge < -0.3 is 0 Å². The van der Waals surface area contributed by atoms with Crippen LogP contribution in [-0.2, 0) is 4.79 Å². The van der Waals surface area contributed by atoms with E-state index < -0.39 is 11.1 Å². The Kier molecular flexibility index (Phi) is 2.87. The number of hydrogen-bond donors (Lipinski definition) is 0. The van der Waals surface area contributed by atoms with Crippen LogP contribution in [-0.4, -0.2) is 5.24 Å². The van der Waals surface area contributed by atoms with Crippen molar-refractivity contribution in [2.45, 2.75) is 12.8 Å². The molecule has 78 valence electrons. The normalized spacial score (nSPS) is 17.2. The average Bonchev–Trinajstić information content (AvgIpc) is 3.04. The third-order valence-corrected chi connectivity index (χ3v) is 2.65. The van der Waals surface area contributed by atoms with Gasteiger partial charge >= 0.3 is 0 Å². The molecule has 1 nitrogen and oxygen atoms in total. The molecule has 0 amide bonds. The van der Waals surface area contributed by atoms with Crippen LogP contribution in [0.25, 0.3) is 5.57 Å². The molecular formula is C12H10ClFO. The minimum absolute atomic E-state index is 0.162. The molecule has 1 aliphatic rings. The number of hydrogen-bond acceptors (Lipinski definition) is 1. The highest BCUT2D eigenvalue weighted by atomic mass is 35.5. The highest BCUT2D eigenvalue weighted by Crippen LogP contribution is 2.44. The summed E-state index contributed by atoms with van der Waals surface area (Å²) in [6.07, 6.45) is 1.86. The van der Waals surface area contributed by atoms with Crippen molar-refractivity contribution in [2.24, 2.45) is 5.92 Å². The molecule has 1 saturated carbocycles. The smallest absolute Gasteiger partial charge is 0.273 e. The van der Waals surface area contributed by atoms with E-state index >= 15 is 0 Å². The third-order valence-electron chi connectivity index (χ3n) is 2.48. The van der Waals surface area contributed by atoms with Crippen LogP contribution in [0.5, 0.6) is 0 Å². The maximum Gasteiger partial charge on any atom is 0.281 e. The highest BCUT2D eigenvalue weighted by molar-refractivity contribution is 6.67. The third kappa shape index (κ3) is 2.26. The van der Waals surface area contributed by atoms with Crippen molar-refractivity contribution >= 4 is 22.4 Å². The van der Waals surface area contributed by atoms with E-state index in [1.807, 2.05) is 18.2 Å². The molecule has 1 aromatic carbocycles. The summed E-state index contributed by atoms with van der Waals surface area (Å²) >= 11 is 5.17. The maximum atomic E-state index is 13.6. The molecule has 0 heterocycles. The van der Waals surface area contributed by atoms with Gasteiger partial charge in [-0.2, -0.15) is 0 Å². The molecular weight excluding hydrogens is 215 g/mol. The van der Waals surface area contributed by atoms with Crippen LogP contribution in [0.2, 0.25) is 0 Å². The Morgan fingerprint density at radius 3 is 2.33 bits per heavy atom. The number of rotatable bonds is 3. The first-order chi connectivity index (χ1) is 7.20. The first-order valence-electron chi connectivity index (χ1n) is 4.85. The van der Waals surface area contributed by atoms with Gasteiger partial charge in [-0.05, 0) is 35.9 Å². The Hall–Kier alpha value is -1.15. The van der Waals surface area contributed by atoms with Crippen molar-refractivity contribution in [3.05, 3.63) is 41.7 Å². The zero-order chi connectivity index (χ0) is 10.8. The zero-order valence-corrected chi connectivity index (χ0v) is 8.80. The molecule has 2 rings (SSSR count). The molecule has 0 unspecified atom stereocenters. The standard InChI is InChI=1S/C12H10ClFO/c13-12(15)11(14)10(9-6-7-9)8-4-2-1-3-5-8/h1-5,9H,6-7H2. The van der Waals surface area contributed by atoms with Gasteiger partial charge in [0.2, 0.25) is 0 Å². The molecule has 0 bridgehead atoms. The van der Waals surface area contributed by atoms with Gasteiger partial charge in [-0.1, -0.05) is 30.3 Å². The van der Waals surface area contributed by atoms with E-state index in [0.29, 0.717) is 5.57 Å². The summed E-state index contributed by atoms with van der Waals surface area (Å²) in [6, 6.07) is 9.10. The van der Waals surface area contributed by atoms with Gasteiger partial charge in [0.05, 0.1) is 0 Å². The summed E-state index contributed by atoms with van der Waals surface area (Å²) in [6.45, 7) is 0. The lowest BCUT2D eigenvalue weighted by atomic mass is 10.0. The van der Waals surface area contributed by atoms with Crippen molar-refractivity contribution < 1.29 is 9.18 Å². The fourth-order valence-corrected chi connectivity index (χ4v) is 1.74. The summed E-state index contributed by atoms with van der Waals surface area (Å²) in [5.41, 5.74) is 1.22. The number of halogens is 2. The zero-order valence-electron chi connectivity index (χ0n) is 8.04. The molecule has 1 fully saturated rings. The van der Waals surface area contributed by atoms with Crippen LogP contribution in [0.4, 0.5) is 4.39 Å². The maximum absolute atomic E-state index is 13.6. The van der Waals surface area contributed by atoms with Crippen molar-refractivity contribution in [3.63, 3.8) is 0 Å². The quantitative estimate of drug-likeness (QED) is 0.567. The fourth-order valence-electron chi connectivity index (χ4n) is 1.64. The summed E-state index contributed by atoms with van der Waals surface area (Å²) < 4.78 is 13.6. The van der Waals surface area contributed by atoms with Crippen molar-refractivity contribution in [3.8, 4) is 0 Å². The van der Waals surface area contributed by atoms with E-state index in [-0.39, 0.29) is 5.92 Å². The number of allylic oxidation sites excluding steroid dienone is 2. The first-order valence-corrected chi connectivity index (χ1v) is 5.23. The molecule has 0 saturated heterocycles. The second kappa shape index (κ2) is 4.15. The topological polar surface area (TPSA) is 17.1 Å². The second-order valence-corrected chi connectivity index (χ2v) is 3.98. The van der Waals surface area contributed by atoms with Crippen molar-refractivity contribution in [1.82, 2.24) is 0 Å². The fraction of sp³-hybridized carbons (Fsp3) is 0.250. The lowest BCUT2D eigenvalue weighted by Gasteiger charge is -2.06. The summed E-state index contributed by atoms with van der Waals surface area (Å²) in [4.78, 5) is 10.8. The summed E-state index contributed by atoms with van der Waals surface area (Å²) in [7, 11) is 0. The van der Waals surface area contributed by atoms with Crippen LogP contribution in [0.15, 0.2) is 36.2 Å². The Balaban J connectivity index is 2.45. The monoisotopic (exact) mass is 224 g/mol. The van der Waals surface area contributed by atoms with E-state index in [4.69, 9.17) is 11.6 Å². The Bertz CT molecular complexity index is 407. The first kappa shape index (κ1) is 10.4. The minimum Gasteiger partial charge on any atom is -0.273 e. The van der Waals surface area contributed by atoms with E-state index in [0.717, 1.165) is 18.4 Å². The Labute approximate surface area is 92.6 Å². The van der Waals surface area contributed by atoms with Gasteiger partial charge in [0, 0.05) is 5.57 Å². The number of carbonyl (C=O) groups is 1. The average molecular weight is 225 g/mol. The largest absolute Gasteiger partial charge is 0.281 e. The number of carbonyl (C=O) groups excluding carboxylic acids is 1. The SMILES string of the molecule is O=C(Cl)C(F)=C(c1ccccc1)C1CC1. The van der Waals surface area contributed by atoms with Crippen LogP contribution in [0.3, 0.4) is 0 Å². The molecule has 0 N–H and O–H groups in total. The second-order valence-electron chi connectivity index (χ2n) is 3.64. The molecule has 0 aromatic heterocycles. The number of benzene rings is 1. The molecule has 3 heteroatoms. The van der Waals surface area contributed by atoms with Crippen LogP contribution < -0.4 is 0 Å². The van der Waals surface area contributed by atoms with Crippen LogP contribution >= 0.6 is 11.6 Å². The Morgan fingerprint density at radius 1 is 1.27 bits per heavy atom. The molecule has 0 atom stereocenters. The molecule has 0 spiro atoms. The molecule has 1 aromatic rings. The molecule has 15 heavy (non-hydrogen) atoms. The van der Waals surface area contributed by atoms with Gasteiger partial charge in [0.25, 0.3) is 5.24 Å². The molecule has 1 aliphatic carbocycles. The summed E-state index contributed by atoms with van der Waals surface area (Å²) in [5, 5.41) is -0.999. The van der Waals surface area contributed by atoms with Gasteiger partial charge in [-0.15, -0.1) is 0 Å². The molecule has 0 radical (unpaired) electrons. The van der Waals surface area contributed by atoms with Gasteiger partial charge in [0.15, 0.2) is 5.83 Å². The predicted molar refractivity (Wildman–Crippen MR) is 58.1 cm³/mol. The lowest BCUT2D eigenvalue weighted by Crippen LogP contribution is -1.96. The predicted octanol–water partition coefficient (Wildman–Crippen LogP) is 3.54.